The Morgan fingerprint density at radius 3 is 1.38 bits per heavy atom. The standard InChI is InChI=1S/C22H24N6O4S2/c1-11-15(19(31)27(3)4)33-21(23-11)25-17(29)13-9-7-8-10-14(13)18(30)26-22-24-12(2)16(34-22)20(32)28(5)6/h7-10H,1-6H3,(H,23,25,29)(H,24,26,30). The highest BCUT2D eigenvalue weighted by Crippen LogP contribution is 2.26. The molecule has 10 nitrogen and oxygen atoms in total. The third kappa shape index (κ3) is 5.29. The molecule has 0 fully saturated rings. The van der Waals surface area contributed by atoms with Gasteiger partial charge in [0.25, 0.3) is 23.6 Å². The van der Waals surface area contributed by atoms with Crippen LogP contribution in [-0.2, 0) is 0 Å². The van der Waals surface area contributed by atoms with Gasteiger partial charge in [-0.2, -0.15) is 0 Å². The summed E-state index contributed by atoms with van der Waals surface area (Å²) in [7, 11) is 6.55. The molecule has 12 heteroatoms. The van der Waals surface area contributed by atoms with Gasteiger partial charge in [0, 0.05) is 28.2 Å². The van der Waals surface area contributed by atoms with Crippen LogP contribution < -0.4 is 10.6 Å². The van der Waals surface area contributed by atoms with Crippen molar-refractivity contribution in [3.63, 3.8) is 0 Å². The van der Waals surface area contributed by atoms with Crippen molar-refractivity contribution in [2.24, 2.45) is 0 Å². The normalized spacial score (nSPS) is 10.5. The van der Waals surface area contributed by atoms with Gasteiger partial charge in [0.05, 0.1) is 22.5 Å². The minimum Gasteiger partial charge on any atom is -0.344 e. The largest absolute Gasteiger partial charge is 0.344 e. The van der Waals surface area contributed by atoms with Crippen LogP contribution in [-0.4, -0.2) is 71.6 Å². The molecule has 2 N–H and O–H groups in total. The van der Waals surface area contributed by atoms with Crippen LogP contribution in [0.25, 0.3) is 0 Å². The van der Waals surface area contributed by atoms with E-state index < -0.39 is 11.8 Å². The number of nitrogens with zero attached hydrogens (tertiary/aromatic N) is 4. The second-order valence-corrected chi connectivity index (χ2v) is 9.72. The number of rotatable bonds is 6. The summed E-state index contributed by atoms with van der Waals surface area (Å²) in [4.78, 5) is 62.7. The molecule has 2 heterocycles. The Hall–Kier alpha value is -3.64. The van der Waals surface area contributed by atoms with E-state index in [9.17, 15) is 19.2 Å². The zero-order chi connectivity index (χ0) is 25.2. The van der Waals surface area contributed by atoms with Gasteiger partial charge in [-0.3, -0.25) is 29.8 Å². The molecule has 0 spiro atoms. The lowest BCUT2D eigenvalue weighted by molar-refractivity contribution is 0.0824. The average molecular weight is 501 g/mol. The predicted molar refractivity (Wildman–Crippen MR) is 132 cm³/mol. The van der Waals surface area contributed by atoms with Crippen molar-refractivity contribution in [2.45, 2.75) is 13.8 Å². The first kappa shape index (κ1) is 25.0. The first-order chi connectivity index (χ1) is 16.0. The number of carbonyl (C=O) groups is 4. The molecule has 0 aliphatic carbocycles. The molecule has 0 saturated heterocycles. The van der Waals surface area contributed by atoms with E-state index in [0.717, 1.165) is 22.7 Å². The van der Waals surface area contributed by atoms with Gasteiger partial charge in [-0.15, -0.1) is 0 Å². The van der Waals surface area contributed by atoms with Crippen molar-refractivity contribution in [3.8, 4) is 0 Å². The van der Waals surface area contributed by atoms with E-state index >= 15 is 0 Å². The van der Waals surface area contributed by atoms with Crippen LogP contribution in [0.15, 0.2) is 24.3 Å². The number of nitrogens with one attached hydrogen (secondary N) is 2. The van der Waals surface area contributed by atoms with Gasteiger partial charge in [0.15, 0.2) is 10.3 Å². The van der Waals surface area contributed by atoms with Crippen molar-refractivity contribution < 1.29 is 19.2 Å². The van der Waals surface area contributed by atoms with E-state index in [2.05, 4.69) is 20.6 Å². The fraction of sp³-hybridized carbons (Fsp3) is 0.273. The van der Waals surface area contributed by atoms with Crippen LogP contribution in [0.5, 0.6) is 0 Å². The van der Waals surface area contributed by atoms with Crippen LogP contribution in [0.2, 0.25) is 0 Å². The van der Waals surface area contributed by atoms with E-state index in [-0.39, 0.29) is 33.2 Å². The molecule has 0 aliphatic heterocycles. The number of thiazole rings is 2. The zero-order valence-electron chi connectivity index (χ0n) is 19.5. The highest BCUT2D eigenvalue weighted by atomic mass is 32.1. The van der Waals surface area contributed by atoms with Crippen LogP contribution in [0, 0.1) is 13.8 Å². The zero-order valence-corrected chi connectivity index (χ0v) is 21.2. The Kier molecular flexibility index (Phi) is 7.42. The summed E-state index contributed by atoms with van der Waals surface area (Å²) in [5.41, 5.74) is 1.27. The van der Waals surface area contributed by atoms with Gasteiger partial charge in [-0.05, 0) is 26.0 Å². The summed E-state index contributed by atoms with van der Waals surface area (Å²) in [5, 5.41) is 5.84. The van der Waals surface area contributed by atoms with Crippen LogP contribution >= 0.6 is 22.7 Å². The molecule has 0 unspecified atom stereocenters. The summed E-state index contributed by atoms with van der Waals surface area (Å²) in [5.74, 6) is -1.49. The topological polar surface area (TPSA) is 125 Å². The average Bonchev–Trinajstić information content (AvgIpc) is 3.33. The highest BCUT2D eigenvalue weighted by Gasteiger charge is 2.23. The number of amides is 4. The van der Waals surface area contributed by atoms with Gasteiger partial charge in [0.1, 0.15) is 9.75 Å². The molecule has 0 aliphatic rings. The van der Waals surface area contributed by atoms with Crippen LogP contribution in [0.3, 0.4) is 0 Å². The number of benzene rings is 1. The summed E-state index contributed by atoms with van der Waals surface area (Å²) in [6.07, 6.45) is 0. The molecule has 3 rings (SSSR count). The molecular formula is C22H24N6O4S2. The minimum absolute atomic E-state index is 0.131. The first-order valence-corrected chi connectivity index (χ1v) is 11.7. The van der Waals surface area contributed by atoms with E-state index in [1.807, 2.05) is 0 Å². The van der Waals surface area contributed by atoms with Crippen molar-refractivity contribution in [2.75, 3.05) is 38.8 Å². The van der Waals surface area contributed by atoms with Gasteiger partial charge in [0.2, 0.25) is 0 Å². The monoisotopic (exact) mass is 500 g/mol. The van der Waals surface area contributed by atoms with Crippen molar-refractivity contribution in [1.82, 2.24) is 19.8 Å². The highest BCUT2D eigenvalue weighted by molar-refractivity contribution is 7.18. The summed E-state index contributed by atoms with van der Waals surface area (Å²) in [6.45, 7) is 3.38. The number of anilines is 2. The summed E-state index contributed by atoms with van der Waals surface area (Å²) in [6, 6.07) is 6.32. The minimum atomic E-state index is -0.540. The van der Waals surface area contributed by atoms with Crippen LogP contribution in [0.4, 0.5) is 10.3 Å². The predicted octanol–water partition coefficient (Wildman–Crippen LogP) is 3.12. The molecule has 1 aromatic carbocycles. The molecule has 2 aromatic heterocycles. The molecule has 0 radical (unpaired) electrons. The molecule has 0 bridgehead atoms. The number of aryl methyl sites for hydroxylation is 2. The van der Waals surface area contributed by atoms with Gasteiger partial charge in [-0.25, -0.2) is 9.97 Å². The molecule has 34 heavy (non-hydrogen) atoms. The lowest BCUT2D eigenvalue weighted by Gasteiger charge is -2.09. The Labute approximate surface area is 204 Å². The quantitative estimate of drug-likeness (QED) is 0.536. The van der Waals surface area contributed by atoms with Crippen molar-refractivity contribution in [3.05, 3.63) is 56.5 Å². The van der Waals surface area contributed by atoms with E-state index in [0.29, 0.717) is 21.1 Å². The number of hydrogen-bond acceptors (Lipinski definition) is 8. The molecule has 178 valence electrons. The maximum atomic E-state index is 13.0. The molecular weight excluding hydrogens is 476 g/mol. The Balaban J connectivity index is 1.81. The van der Waals surface area contributed by atoms with Crippen molar-refractivity contribution >= 4 is 56.6 Å². The SMILES string of the molecule is Cc1nc(NC(=O)c2ccccc2C(=O)Nc2nc(C)c(C(=O)N(C)C)s2)sc1C(=O)N(C)C. The second kappa shape index (κ2) is 10.1. The number of hydrogen-bond donors (Lipinski definition) is 2. The molecule has 0 saturated carbocycles. The number of aromatic nitrogens is 2. The molecule has 3 aromatic rings. The maximum absolute atomic E-state index is 13.0. The van der Waals surface area contributed by atoms with Gasteiger partial charge < -0.3 is 9.80 Å². The lowest BCUT2D eigenvalue weighted by Crippen LogP contribution is -2.21. The Morgan fingerprint density at radius 1 is 0.706 bits per heavy atom. The summed E-state index contributed by atoms with van der Waals surface area (Å²) < 4.78 is 0. The van der Waals surface area contributed by atoms with E-state index in [1.165, 1.54) is 21.9 Å². The Bertz CT molecular complexity index is 1180. The third-order valence-corrected chi connectivity index (χ3v) is 6.77. The smallest absolute Gasteiger partial charge is 0.265 e. The van der Waals surface area contributed by atoms with E-state index in [4.69, 9.17) is 0 Å². The second-order valence-electron chi connectivity index (χ2n) is 7.72. The van der Waals surface area contributed by atoms with E-state index in [1.54, 1.807) is 54.2 Å². The fourth-order valence-electron chi connectivity index (χ4n) is 2.91. The Morgan fingerprint density at radius 2 is 1.06 bits per heavy atom. The third-order valence-electron chi connectivity index (χ3n) is 4.65. The fourth-order valence-corrected chi connectivity index (χ4v) is 4.88. The van der Waals surface area contributed by atoms with Crippen molar-refractivity contribution in [1.29, 1.82) is 0 Å². The maximum Gasteiger partial charge on any atom is 0.265 e. The summed E-state index contributed by atoms with van der Waals surface area (Å²) >= 11 is 2.13. The lowest BCUT2D eigenvalue weighted by atomic mass is 10.1. The molecule has 4 amide bonds. The molecule has 0 atom stereocenters. The first-order valence-electron chi connectivity index (χ1n) is 10.1. The number of carbonyl (C=O) groups excluding carboxylic acids is 4. The van der Waals surface area contributed by atoms with Gasteiger partial charge in [-0.1, -0.05) is 34.8 Å². The van der Waals surface area contributed by atoms with Gasteiger partial charge >= 0.3 is 0 Å². The van der Waals surface area contributed by atoms with Crippen LogP contribution in [0.1, 0.15) is 51.4 Å².